The molecule has 2 aliphatic rings. The summed E-state index contributed by atoms with van der Waals surface area (Å²) in [7, 11) is 0. The summed E-state index contributed by atoms with van der Waals surface area (Å²) in [4.78, 5) is 70.1. The Morgan fingerprint density at radius 3 is 2.36 bits per heavy atom. The standard InChI is InChI=1S/C41H58Cl2N6O6/c1-5-44-37(52)41(26-29-14-8-6-9-15-29)20-13-23-49(28-41)36(51)34(25-30-18-19-32(42)33(43)24-30)47-38(53)46-31-16-12-22-48(27-31)35(50)17-10-7-11-21-45-39(54)55-40(2,3)4/h6,8-9,14-15,18-19,24,31,34H,5,7,10-13,16-17,20-23,25-28H2,1-4H3,(H,44,52)(H,45,54)(H2,46,47,53)/t31-,34?,41+/m1/s1. The summed E-state index contributed by atoms with van der Waals surface area (Å²) < 4.78 is 5.25. The fraction of sp³-hybridized carbons (Fsp3) is 0.585. The summed E-state index contributed by atoms with van der Waals surface area (Å²) in [5.41, 5.74) is 0.360. The van der Waals surface area contributed by atoms with Gasteiger partial charge in [-0.15, -0.1) is 0 Å². The third kappa shape index (κ3) is 13.9. The van der Waals surface area contributed by atoms with E-state index in [4.69, 9.17) is 27.9 Å². The number of halogens is 2. The van der Waals surface area contributed by atoms with Gasteiger partial charge in [0.1, 0.15) is 11.6 Å². The van der Waals surface area contributed by atoms with Crippen molar-refractivity contribution in [3.63, 3.8) is 0 Å². The van der Waals surface area contributed by atoms with E-state index in [9.17, 15) is 24.0 Å². The molecule has 4 N–H and O–H groups in total. The van der Waals surface area contributed by atoms with Crippen LogP contribution in [0.5, 0.6) is 0 Å². The van der Waals surface area contributed by atoms with Crippen molar-refractivity contribution >= 4 is 53.0 Å². The number of unbranched alkanes of at least 4 members (excludes halogenated alkanes) is 2. The molecule has 2 aliphatic heterocycles. The number of hydrogen-bond donors (Lipinski definition) is 4. The van der Waals surface area contributed by atoms with Crippen LogP contribution in [0.25, 0.3) is 0 Å². The highest BCUT2D eigenvalue weighted by molar-refractivity contribution is 6.42. The maximum Gasteiger partial charge on any atom is 0.407 e. The number of alkyl carbamates (subject to hydrolysis) is 1. The summed E-state index contributed by atoms with van der Waals surface area (Å²) >= 11 is 12.5. The summed E-state index contributed by atoms with van der Waals surface area (Å²) in [6.07, 6.45) is 5.47. The van der Waals surface area contributed by atoms with Gasteiger partial charge in [-0.25, -0.2) is 9.59 Å². The van der Waals surface area contributed by atoms with E-state index < -0.39 is 29.2 Å². The highest BCUT2D eigenvalue weighted by atomic mass is 35.5. The van der Waals surface area contributed by atoms with Gasteiger partial charge in [0, 0.05) is 58.2 Å². The molecule has 3 atom stereocenters. The maximum absolute atomic E-state index is 14.4. The van der Waals surface area contributed by atoms with E-state index in [1.165, 1.54) is 0 Å². The van der Waals surface area contributed by atoms with Crippen molar-refractivity contribution in [2.24, 2.45) is 5.41 Å². The highest BCUT2D eigenvalue weighted by Crippen LogP contribution is 2.35. The first-order valence-electron chi connectivity index (χ1n) is 19.5. The Hall–Kier alpha value is -4.03. The normalized spacial score (nSPS) is 19.2. The van der Waals surface area contributed by atoms with Crippen LogP contribution in [-0.2, 0) is 32.0 Å². The molecule has 0 radical (unpaired) electrons. The molecule has 2 heterocycles. The predicted octanol–water partition coefficient (Wildman–Crippen LogP) is 6.27. The average Bonchev–Trinajstić information content (AvgIpc) is 3.14. The number of ether oxygens (including phenoxy) is 1. The second-order valence-corrected chi connectivity index (χ2v) is 16.5. The monoisotopic (exact) mass is 800 g/mol. The number of piperidine rings is 2. The van der Waals surface area contributed by atoms with Gasteiger partial charge >= 0.3 is 12.1 Å². The van der Waals surface area contributed by atoms with Crippen LogP contribution in [0.15, 0.2) is 48.5 Å². The maximum atomic E-state index is 14.4. The zero-order chi connectivity index (χ0) is 40.0. The predicted molar refractivity (Wildman–Crippen MR) is 215 cm³/mol. The molecule has 0 saturated carbocycles. The first kappa shape index (κ1) is 43.7. The third-order valence-corrected chi connectivity index (χ3v) is 10.7. The van der Waals surface area contributed by atoms with Gasteiger partial charge in [0.15, 0.2) is 0 Å². The molecule has 0 spiro atoms. The molecule has 6 amide bonds. The van der Waals surface area contributed by atoms with Gasteiger partial charge < -0.3 is 35.8 Å². The quantitative estimate of drug-likeness (QED) is 0.156. The van der Waals surface area contributed by atoms with Crippen molar-refractivity contribution in [3.05, 3.63) is 69.7 Å². The minimum atomic E-state index is -0.954. The van der Waals surface area contributed by atoms with Gasteiger partial charge in [-0.2, -0.15) is 0 Å². The number of benzene rings is 2. The van der Waals surface area contributed by atoms with Crippen LogP contribution in [0.4, 0.5) is 9.59 Å². The van der Waals surface area contributed by atoms with E-state index in [0.717, 1.165) is 30.4 Å². The number of carbonyl (C=O) groups is 5. The van der Waals surface area contributed by atoms with Crippen LogP contribution < -0.4 is 21.3 Å². The average molecular weight is 802 g/mol. The molecule has 2 aromatic rings. The van der Waals surface area contributed by atoms with E-state index >= 15 is 0 Å². The van der Waals surface area contributed by atoms with E-state index in [1.54, 1.807) is 28.0 Å². The topological polar surface area (TPSA) is 149 Å². The van der Waals surface area contributed by atoms with Gasteiger partial charge in [-0.05, 0) is 95.9 Å². The first-order valence-corrected chi connectivity index (χ1v) is 20.3. The Morgan fingerprint density at radius 2 is 1.65 bits per heavy atom. The lowest BCUT2D eigenvalue weighted by Crippen LogP contribution is -2.60. The number of likely N-dealkylation sites (tertiary alicyclic amines) is 2. The first-order chi connectivity index (χ1) is 26.2. The van der Waals surface area contributed by atoms with E-state index in [1.807, 2.05) is 58.0 Å². The summed E-state index contributed by atoms with van der Waals surface area (Å²) in [5.74, 6) is -0.352. The van der Waals surface area contributed by atoms with Crippen molar-refractivity contribution in [1.82, 2.24) is 31.1 Å². The van der Waals surface area contributed by atoms with Crippen LogP contribution in [0, 0.1) is 5.41 Å². The Labute approximate surface area is 335 Å². The van der Waals surface area contributed by atoms with Gasteiger partial charge in [-0.3, -0.25) is 14.4 Å². The SMILES string of the molecule is CCNC(=O)[C@]1(Cc2ccccc2)CCCN(C(=O)C(Cc2ccc(Cl)c(Cl)c2)NC(=O)N[C@@H]2CCCN(C(=O)CCCCCNC(=O)OC(C)(C)C)C2)C1. The lowest BCUT2D eigenvalue weighted by Gasteiger charge is -2.43. The minimum absolute atomic E-state index is 0.0240. The molecule has 0 aromatic heterocycles. The molecule has 14 heteroatoms. The molecule has 4 rings (SSSR count). The number of amides is 6. The molecule has 2 fully saturated rings. The Kier molecular flexibility index (Phi) is 16.5. The second-order valence-electron chi connectivity index (χ2n) is 15.7. The molecular formula is C41H58Cl2N6O6. The molecule has 0 bridgehead atoms. The number of carbonyl (C=O) groups excluding carboxylic acids is 5. The van der Waals surface area contributed by atoms with Crippen molar-refractivity contribution in [3.8, 4) is 0 Å². The van der Waals surface area contributed by atoms with Gasteiger partial charge in [-0.1, -0.05) is 66.0 Å². The Morgan fingerprint density at radius 1 is 0.909 bits per heavy atom. The Balaban J connectivity index is 1.37. The molecule has 1 unspecified atom stereocenters. The van der Waals surface area contributed by atoms with Crippen molar-refractivity contribution in [2.45, 2.75) is 110 Å². The number of rotatable bonds is 15. The van der Waals surface area contributed by atoms with Crippen molar-refractivity contribution in [1.29, 1.82) is 0 Å². The van der Waals surface area contributed by atoms with Crippen molar-refractivity contribution in [2.75, 3.05) is 39.3 Å². The van der Waals surface area contributed by atoms with E-state index in [-0.39, 0.29) is 36.7 Å². The van der Waals surface area contributed by atoms with Crippen LogP contribution >= 0.6 is 23.2 Å². The van der Waals surface area contributed by atoms with Gasteiger partial charge in [0.25, 0.3) is 0 Å². The van der Waals surface area contributed by atoms with Gasteiger partial charge in [0.2, 0.25) is 17.7 Å². The van der Waals surface area contributed by atoms with Crippen LogP contribution in [0.1, 0.15) is 90.2 Å². The van der Waals surface area contributed by atoms with Crippen LogP contribution in [0.2, 0.25) is 10.0 Å². The van der Waals surface area contributed by atoms with Crippen LogP contribution in [0.3, 0.4) is 0 Å². The highest BCUT2D eigenvalue weighted by Gasteiger charge is 2.44. The largest absolute Gasteiger partial charge is 0.444 e. The summed E-state index contributed by atoms with van der Waals surface area (Å²) in [5, 5.41) is 12.4. The lowest BCUT2D eigenvalue weighted by molar-refractivity contribution is -0.142. The molecule has 12 nitrogen and oxygen atoms in total. The number of nitrogens with zero attached hydrogens (tertiary/aromatic N) is 2. The summed E-state index contributed by atoms with van der Waals surface area (Å²) in [6, 6.07) is 13.2. The molecular weight excluding hydrogens is 743 g/mol. The molecule has 2 saturated heterocycles. The zero-order valence-electron chi connectivity index (χ0n) is 32.7. The number of hydrogen-bond acceptors (Lipinski definition) is 6. The third-order valence-electron chi connectivity index (χ3n) is 9.97. The molecule has 302 valence electrons. The van der Waals surface area contributed by atoms with Crippen molar-refractivity contribution < 1.29 is 28.7 Å². The zero-order valence-corrected chi connectivity index (χ0v) is 34.2. The van der Waals surface area contributed by atoms with Gasteiger partial charge in [0.05, 0.1) is 15.5 Å². The fourth-order valence-corrected chi connectivity index (χ4v) is 7.66. The summed E-state index contributed by atoms with van der Waals surface area (Å²) in [6.45, 7) is 9.93. The van der Waals surface area contributed by atoms with E-state index in [2.05, 4.69) is 21.3 Å². The minimum Gasteiger partial charge on any atom is -0.444 e. The smallest absolute Gasteiger partial charge is 0.407 e. The number of urea groups is 1. The fourth-order valence-electron chi connectivity index (χ4n) is 7.33. The van der Waals surface area contributed by atoms with E-state index in [0.29, 0.717) is 81.3 Å². The number of nitrogens with one attached hydrogen (secondary N) is 4. The molecule has 2 aromatic carbocycles. The molecule has 0 aliphatic carbocycles. The van der Waals surface area contributed by atoms with Crippen LogP contribution in [-0.4, -0.2) is 96.6 Å². The Bertz CT molecular complexity index is 1620. The second kappa shape index (κ2) is 20.8. The molecule has 55 heavy (non-hydrogen) atoms. The lowest BCUT2D eigenvalue weighted by atomic mass is 9.74.